The Balaban J connectivity index is 1.17. The molecular weight excluding hydrogens is 594 g/mol. The lowest BCUT2D eigenvalue weighted by Gasteiger charge is -2.43. The molecule has 0 aliphatic carbocycles. The van der Waals surface area contributed by atoms with Crippen LogP contribution in [-0.4, -0.2) is 49.5 Å². The van der Waals surface area contributed by atoms with Crippen molar-refractivity contribution in [3.05, 3.63) is 124 Å². The van der Waals surface area contributed by atoms with Crippen molar-refractivity contribution in [3.8, 4) is 11.5 Å². The van der Waals surface area contributed by atoms with E-state index >= 15 is 0 Å². The molecule has 9 heteroatoms. The van der Waals surface area contributed by atoms with E-state index < -0.39 is 6.29 Å². The number of amides is 2. The van der Waals surface area contributed by atoms with E-state index in [1.165, 1.54) is 11.1 Å². The van der Waals surface area contributed by atoms with Crippen molar-refractivity contribution in [2.45, 2.75) is 51.5 Å². The van der Waals surface area contributed by atoms with Crippen LogP contribution in [0.4, 0.5) is 10.5 Å². The van der Waals surface area contributed by atoms with Crippen LogP contribution in [0.25, 0.3) is 0 Å². The average Bonchev–Trinajstić information content (AvgIpc) is 3.11. The normalized spacial score (nSPS) is 21.0. The first-order chi connectivity index (χ1) is 22.9. The average molecular weight is 638 g/mol. The lowest BCUT2D eigenvalue weighted by molar-refractivity contribution is -0.276. The molecule has 4 aromatic carbocycles. The van der Waals surface area contributed by atoms with Gasteiger partial charge < -0.3 is 34.7 Å². The van der Waals surface area contributed by atoms with Gasteiger partial charge in [-0.15, -0.1) is 0 Å². The minimum atomic E-state index is -0.596. The van der Waals surface area contributed by atoms with E-state index in [-0.39, 0.29) is 30.8 Å². The Bertz CT molecular complexity index is 1630. The minimum Gasteiger partial charge on any atom is -0.493 e. The Labute approximate surface area is 276 Å². The fourth-order valence-corrected chi connectivity index (χ4v) is 6.36. The first-order valence-corrected chi connectivity index (χ1v) is 16.1. The zero-order valence-electron chi connectivity index (χ0n) is 27.1. The molecule has 2 amide bonds. The van der Waals surface area contributed by atoms with Crippen LogP contribution in [0.2, 0.25) is 0 Å². The molecule has 3 N–H and O–H groups in total. The third-order valence-corrected chi connectivity index (χ3v) is 9.10. The predicted molar refractivity (Wildman–Crippen MR) is 180 cm³/mol. The van der Waals surface area contributed by atoms with Gasteiger partial charge in [0.05, 0.1) is 33.0 Å². The van der Waals surface area contributed by atoms with E-state index in [4.69, 9.17) is 18.9 Å². The van der Waals surface area contributed by atoms with E-state index in [1.807, 2.05) is 78.9 Å². The highest BCUT2D eigenvalue weighted by Crippen LogP contribution is 2.42. The molecule has 0 bridgehead atoms. The van der Waals surface area contributed by atoms with Gasteiger partial charge in [-0.1, -0.05) is 73.7 Å². The second-order valence-corrected chi connectivity index (χ2v) is 12.2. The van der Waals surface area contributed by atoms with Crippen LogP contribution in [0, 0.1) is 5.92 Å². The van der Waals surface area contributed by atoms with Crippen molar-refractivity contribution in [2.24, 2.45) is 5.92 Å². The lowest BCUT2D eigenvalue weighted by Crippen LogP contribution is -2.45. The number of carbonyl (C=O) groups is 1. The third kappa shape index (κ3) is 7.77. The maximum Gasteiger partial charge on any atom is 0.319 e. The number of aliphatic hydroxyl groups excluding tert-OH is 1. The molecule has 0 spiro atoms. The second kappa shape index (κ2) is 15.0. The van der Waals surface area contributed by atoms with Gasteiger partial charge >= 0.3 is 6.03 Å². The highest BCUT2D eigenvalue weighted by Gasteiger charge is 2.39. The molecule has 1 saturated heterocycles. The van der Waals surface area contributed by atoms with Crippen molar-refractivity contribution in [2.75, 3.05) is 32.6 Å². The largest absolute Gasteiger partial charge is 0.493 e. The van der Waals surface area contributed by atoms with Gasteiger partial charge in [-0.25, -0.2) is 4.79 Å². The topological polar surface area (TPSA) is 102 Å². The summed E-state index contributed by atoms with van der Waals surface area (Å²) in [4.78, 5) is 15.0. The van der Waals surface area contributed by atoms with Gasteiger partial charge in [0, 0.05) is 43.3 Å². The number of methoxy groups -OCH3 is 2. The third-order valence-electron chi connectivity index (χ3n) is 9.10. The zero-order chi connectivity index (χ0) is 32.8. The molecule has 246 valence electrons. The van der Waals surface area contributed by atoms with Crippen molar-refractivity contribution < 1.29 is 28.8 Å². The van der Waals surface area contributed by atoms with Crippen LogP contribution in [-0.2, 0) is 35.6 Å². The fraction of sp³-hybridized carbons (Fsp3) is 0.342. The summed E-state index contributed by atoms with van der Waals surface area (Å²) in [5, 5.41) is 15.4. The molecule has 0 saturated carbocycles. The molecular formula is C38H43N3O6. The van der Waals surface area contributed by atoms with E-state index in [0.717, 1.165) is 59.8 Å². The number of hydrogen-bond acceptors (Lipinski definition) is 7. The SMILES string of the molecule is COc1cc2c(cc1OC)CN(C[C@@H]1O[C@H](c3ccc(NC(=O)NCc4ccccc4)cc3)O[C@H](c3ccc(CO)cc3)[C@@H]1C)CC2. The smallest absolute Gasteiger partial charge is 0.319 e. The summed E-state index contributed by atoms with van der Waals surface area (Å²) in [6.07, 6.45) is -0.00833. The lowest BCUT2D eigenvalue weighted by atomic mass is 9.89. The summed E-state index contributed by atoms with van der Waals surface area (Å²) in [7, 11) is 3.33. The molecule has 9 nitrogen and oxygen atoms in total. The molecule has 2 heterocycles. The van der Waals surface area contributed by atoms with Crippen LogP contribution in [0.1, 0.15) is 52.7 Å². The summed E-state index contributed by atoms with van der Waals surface area (Å²) in [6, 6.07) is 29.2. The summed E-state index contributed by atoms with van der Waals surface area (Å²) in [5.41, 5.74) is 6.99. The van der Waals surface area contributed by atoms with Gasteiger partial charge in [-0.05, 0) is 58.5 Å². The van der Waals surface area contributed by atoms with Gasteiger partial charge in [0.1, 0.15) is 0 Å². The van der Waals surface area contributed by atoms with Gasteiger partial charge in [0.15, 0.2) is 17.8 Å². The van der Waals surface area contributed by atoms with Crippen molar-refractivity contribution in [1.29, 1.82) is 0 Å². The second-order valence-electron chi connectivity index (χ2n) is 12.2. The highest BCUT2D eigenvalue weighted by atomic mass is 16.7. The molecule has 0 aromatic heterocycles. The van der Waals surface area contributed by atoms with E-state index in [9.17, 15) is 9.90 Å². The summed E-state index contributed by atoms with van der Waals surface area (Å²) in [6.45, 7) is 5.05. The number of carbonyl (C=O) groups excluding carboxylic acids is 1. The molecule has 0 unspecified atom stereocenters. The molecule has 1 fully saturated rings. The standard InChI is InChI=1S/C38H43N3O6/c1-25-35(23-41-18-17-30-19-33(44-2)34(45-3)20-31(30)22-41)46-37(47-36(25)28-11-9-27(24-42)10-12-28)29-13-15-32(16-14-29)40-38(43)39-21-26-7-5-4-6-8-26/h4-16,19-20,25,35-37,42H,17-18,21-24H2,1-3H3,(H2,39,40,43)/t25-,35+,36+,37+/m1/s1. The maximum absolute atomic E-state index is 12.5. The van der Waals surface area contributed by atoms with Crippen LogP contribution in [0.15, 0.2) is 91.0 Å². The number of hydrogen-bond donors (Lipinski definition) is 3. The number of urea groups is 1. The Morgan fingerprint density at radius 2 is 1.55 bits per heavy atom. The number of benzene rings is 4. The number of nitrogens with zero attached hydrogens (tertiary/aromatic N) is 1. The Kier molecular flexibility index (Phi) is 10.4. The van der Waals surface area contributed by atoms with Crippen molar-refractivity contribution in [3.63, 3.8) is 0 Å². The number of fused-ring (bicyclic) bond motifs is 1. The number of aliphatic hydroxyl groups is 1. The highest BCUT2D eigenvalue weighted by molar-refractivity contribution is 5.89. The molecule has 4 atom stereocenters. The molecule has 0 radical (unpaired) electrons. The quantitative estimate of drug-likeness (QED) is 0.186. The summed E-state index contributed by atoms with van der Waals surface area (Å²) in [5.74, 6) is 1.56. The van der Waals surface area contributed by atoms with Crippen molar-refractivity contribution in [1.82, 2.24) is 10.2 Å². The molecule has 2 aliphatic heterocycles. The zero-order valence-corrected chi connectivity index (χ0v) is 27.1. The summed E-state index contributed by atoms with van der Waals surface area (Å²) >= 11 is 0. The predicted octanol–water partition coefficient (Wildman–Crippen LogP) is 6.37. The fourth-order valence-electron chi connectivity index (χ4n) is 6.36. The van der Waals surface area contributed by atoms with Gasteiger partial charge in [0.2, 0.25) is 0 Å². The molecule has 4 aromatic rings. The molecule has 2 aliphatic rings. The van der Waals surface area contributed by atoms with Crippen LogP contribution in [0.5, 0.6) is 11.5 Å². The number of anilines is 1. The Morgan fingerprint density at radius 3 is 2.23 bits per heavy atom. The van der Waals surface area contributed by atoms with Gasteiger partial charge in [-0.2, -0.15) is 0 Å². The molecule has 47 heavy (non-hydrogen) atoms. The van der Waals surface area contributed by atoms with Gasteiger partial charge in [0.25, 0.3) is 0 Å². The summed E-state index contributed by atoms with van der Waals surface area (Å²) < 4.78 is 24.5. The first-order valence-electron chi connectivity index (χ1n) is 16.1. The Hall–Kier alpha value is -4.41. The number of ether oxygens (including phenoxy) is 4. The van der Waals surface area contributed by atoms with Crippen molar-refractivity contribution >= 4 is 11.7 Å². The van der Waals surface area contributed by atoms with Gasteiger partial charge in [-0.3, -0.25) is 4.90 Å². The monoisotopic (exact) mass is 637 g/mol. The van der Waals surface area contributed by atoms with Crippen LogP contribution < -0.4 is 20.1 Å². The van der Waals surface area contributed by atoms with E-state index in [1.54, 1.807) is 14.2 Å². The maximum atomic E-state index is 12.5. The number of rotatable bonds is 10. The van der Waals surface area contributed by atoms with Crippen LogP contribution in [0.3, 0.4) is 0 Å². The Morgan fingerprint density at radius 1 is 0.872 bits per heavy atom. The van der Waals surface area contributed by atoms with E-state index in [2.05, 4.69) is 34.6 Å². The number of nitrogens with one attached hydrogen (secondary N) is 2. The van der Waals surface area contributed by atoms with Crippen LogP contribution >= 0.6 is 0 Å². The minimum absolute atomic E-state index is 0.00647. The van der Waals surface area contributed by atoms with E-state index in [0.29, 0.717) is 12.2 Å². The molecule has 6 rings (SSSR count). The first kappa shape index (κ1) is 32.5.